The summed E-state index contributed by atoms with van der Waals surface area (Å²) in [6.45, 7) is 0.340. The number of rotatable bonds is 10. The van der Waals surface area contributed by atoms with Gasteiger partial charge in [0, 0.05) is 0 Å². The Morgan fingerprint density at radius 3 is 1.17 bits per heavy atom. The SMILES string of the molecule is OC1O[C@H](COCCOCCOC[C@H]2OC(O)[C@H](O)[C@@H](O)[C@H]2O)[C@H](O)[C@H](O)[C@H]1O. The molecule has 2 fully saturated rings. The molecule has 2 unspecified atom stereocenters. The molecule has 29 heavy (non-hydrogen) atoms. The van der Waals surface area contributed by atoms with E-state index in [4.69, 9.17) is 23.7 Å². The van der Waals surface area contributed by atoms with Crippen LogP contribution in [0.4, 0.5) is 0 Å². The van der Waals surface area contributed by atoms with Crippen LogP contribution in [-0.2, 0) is 23.7 Å². The third-order valence-electron chi connectivity index (χ3n) is 4.68. The lowest BCUT2D eigenvalue weighted by atomic mass is 9.99. The van der Waals surface area contributed by atoms with E-state index in [2.05, 4.69) is 0 Å². The van der Waals surface area contributed by atoms with Gasteiger partial charge in [0.05, 0.1) is 39.6 Å². The van der Waals surface area contributed by atoms with Crippen molar-refractivity contribution in [1.82, 2.24) is 0 Å². The Kier molecular flexibility index (Phi) is 10.0. The Hall–Kier alpha value is -0.520. The van der Waals surface area contributed by atoms with Crippen molar-refractivity contribution in [3.63, 3.8) is 0 Å². The minimum atomic E-state index is -1.62. The smallest absolute Gasteiger partial charge is 0.184 e. The van der Waals surface area contributed by atoms with E-state index in [-0.39, 0.29) is 39.6 Å². The first-order chi connectivity index (χ1) is 13.7. The third kappa shape index (κ3) is 6.73. The number of aliphatic hydroxyl groups excluding tert-OH is 8. The first-order valence-corrected chi connectivity index (χ1v) is 9.22. The lowest BCUT2D eigenvalue weighted by Crippen LogP contribution is -2.58. The highest BCUT2D eigenvalue weighted by atomic mass is 16.7. The zero-order valence-electron chi connectivity index (χ0n) is 15.6. The van der Waals surface area contributed by atoms with Gasteiger partial charge >= 0.3 is 0 Å². The molecular weight excluding hydrogens is 400 g/mol. The fourth-order valence-electron chi connectivity index (χ4n) is 2.87. The molecule has 0 aromatic heterocycles. The lowest BCUT2D eigenvalue weighted by molar-refractivity contribution is -0.289. The fourth-order valence-corrected chi connectivity index (χ4v) is 2.87. The molecule has 10 atom stereocenters. The van der Waals surface area contributed by atoms with Gasteiger partial charge in [0.25, 0.3) is 0 Å². The molecule has 0 aliphatic carbocycles. The summed E-state index contributed by atoms with van der Waals surface area (Å²) in [5.74, 6) is 0. The summed E-state index contributed by atoms with van der Waals surface area (Å²) >= 11 is 0. The van der Waals surface area contributed by atoms with Crippen molar-refractivity contribution in [2.75, 3.05) is 39.6 Å². The average molecular weight is 430 g/mol. The highest BCUT2D eigenvalue weighted by Crippen LogP contribution is 2.21. The van der Waals surface area contributed by atoms with Gasteiger partial charge in [-0.1, -0.05) is 0 Å². The molecule has 2 aliphatic rings. The van der Waals surface area contributed by atoms with Crippen LogP contribution in [0.3, 0.4) is 0 Å². The maximum Gasteiger partial charge on any atom is 0.184 e. The summed E-state index contributed by atoms with van der Waals surface area (Å²) in [4.78, 5) is 0. The van der Waals surface area contributed by atoms with Crippen molar-refractivity contribution in [2.24, 2.45) is 0 Å². The van der Waals surface area contributed by atoms with Crippen molar-refractivity contribution < 1.29 is 64.5 Å². The Morgan fingerprint density at radius 2 is 0.793 bits per heavy atom. The van der Waals surface area contributed by atoms with Crippen LogP contribution in [0.25, 0.3) is 0 Å². The zero-order valence-corrected chi connectivity index (χ0v) is 15.6. The molecule has 13 heteroatoms. The van der Waals surface area contributed by atoms with Crippen LogP contribution in [0.5, 0.6) is 0 Å². The van der Waals surface area contributed by atoms with Crippen LogP contribution in [0.2, 0.25) is 0 Å². The monoisotopic (exact) mass is 430 g/mol. The second kappa shape index (κ2) is 11.8. The molecule has 0 radical (unpaired) electrons. The standard InChI is InChI=1S/C16H30O13/c17-9-7(28-15(23)13(21)11(9)19)5-26-3-1-25-2-4-27-6-8-10(18)12(20)14(22)16(24)29-8/h7-24H,1-6H2/t7-,8-,9+,10+,11+,12+,13-,14-,15?,16?/m1/s1. The van der Waals surface area contributed by atoms with Gasteiger partial charge in [-0.15, -0.1) is 0 Å². The average Bonchev–Trinajstić information content (AvgIpc) is 2.70. The summed E-state index contributed by atoms with van der Waals surface area (Å²) < 4.78 is 25.6. The van der Waals surface area contributed by atoms with E-state index in [0.717, 1.165) is 0 Å². The van der Waals surface area contributed by atoms with Gasteiger partial charge in [0.15, 0.2) is 12.6 Å². The zero-order chi connectivity index (χ0) is 21.6. The number of hydrogen-bond acceptors (Lipinski definition) is 13. The minimum Gasteiger partial charge on any atom is -0.387 e. The topological polar surface area (TPSA) is 208 Å². The van der Waals surface area contributed by atoms with Crippen LogP contribution >= 0.6 is 0 Å². The normalized spacial score (nSPS) is 43.4. The summed E-state index contributed by atoms with van der Waals surface area (Å²) in [7, 11) is 0. The molecule has 0 aromatic rings. The maximum absolute atomic E-state index is 9.75. The molecule has 172 valence electrons. The Bertz CT molecular complexity index is 428. The van der Waals surface area contributed by atoms with E-state index in [0.29, 0.717) is 0 Å². The first kappa shape index (κ1) is 24.7. The van der Waals surface area contributed by atoms with Crippen LogP contribution in [-0.4, -0.2) is 142 Å². The molecule has 2 heterocycles. The van der Waals surface area contributed by atoms with E-state index in [1.54, 1.807) is 0 Å². The molecular formula is C16H30O13. The van der Waals surface area contributed by atoms with Crippen molar-refractivity contribution in [2.45, 2.75) is 61.4 Å². The quantitative estimate of drug-likeness (QED) is 0.152. The van der Waals surface area contributed by atoms with Gasteiger partial charge in [0.2, 0.25) is 0 Å². The first-order valence-electron chi connectivity index (χ1n) is 9.22. The summed E-state index contributed by atoms with van der Waals surface area (Å²) in [5, 5.41) is 76.2. The lowest BCUT2D eigenvalue weighted by Gasteiger charge is -2.38. The molecule has 0 bridgehead atoms. The van der Waals surface area contributed by atoms with Gasteiger partial charge < -0.3 is 64.5 Å². The molecule has 8 N–H and O–H groups in total. The fraction of sp³-hybridized carbons (Fsp3) is 1.00. The molecule has 13 nitrogen and oxygen atoms in total. The molecule has 0 saturated carbocycles. The van der Waals surface area contributed by atoms with E-state index in [1.807, 2.05) is 0 Å². The molecule has 0 spiro atoms. The van der Waals surface area contributed by atoms with E-state index in [9.17, 15) is 40.9 Å². The molecule has 0 aromatic carbocycles. The van der Waals surface area contributed by atoms with E-state index >= 15 is 0 Å². The van der Waals surface area contributed by atoms with Crippen LogP contribution in [0.15, 0.2) is 0 Å². The Morgan fingerprint density at radius 1 is 0.448 bits per heavy atom. The number of ether oxygens (including phenoxy) is 5. The molecule has 2 aliphatic heterocycles. The number of aliphatic hydroxyl groups is 8. The minimum absolute atomic E-state index is 0.127. The number of hydrogen-bond donors (Lipinski definition) is 8. The van der Waals surface area contributed by atoms with Crippen molar-refractivity contribution >= 4 is 0 Å². The molecule has 2 rings (SSSR count). The highest BCUT2D eigenvalue weighted by molar-refractivity contribution is 4.89. The third-order valence-corrected chi connectivity index (χ3v) is 4.68. The molecule has 0 amide bonds. The maximum atomic E-state index is 9.75. The Labute approximate surface area is 166 Å². The largest absolute Gasteiger partial charge is 0.387 e. The van der Waals surface area contributed by atoms with Crippen molar-refractivity contribution in [3.05, 3.63) is 0 Å². The second-order valence-corrected chi connectivity index (χ2v) is 6.84. The van der Waals surface area contributed by atoms with Crippen molar-refractivity contribution in [1.29, 1.82) is 0 Å². The van der Waals surface area contributed by atoms with Crippen molar-refractivity contribution in [3.8, 4) is 0 Å². The van der Waals surface area contributed by atoms with E-state index < -0.39 is 61.4 Å². The Balaban J connectivity index is 1.49. The predicted molar refractivity (Wildman–Crippen MR) is 90.3 cm³/mol. The predicted octanol–water partition coefficient (Wildman–Crippen LogP) is -5.36. The molecule has 2 saturated heterocycles. The van der Waals surface area contributed by atoms with Gasteiger partial charge in [-0.3, -0.25) is 0 Å². The van der Waals surface area contributed by atoms with Gasteiger partial charge in [-0.25, -0.2) is 0 Å². The van der Waals surface area contributed by atoms with E-state index in [1.165, 1.54) is 0 Å². The summed E-state index contributed by atoms with van der Waals surface area (Å²) in [6, 6.07) is 0. The van der Waals surface area contributed by atoms with Crippen LogP contribution < -0.4 is 0 Å². The highest BCUT2D eigenvalue weighted by Gasteiger charge is 2.43. The second-order valence-electron chi connectivity index (χ2n) is 6.84. The van der Waals surface area contributed by atoms with Crippen LogP contribution in [0.1, 0.15) is 0 Å². The van der Waals surface area contributed by atoms with Gasteiger partial charge in [-0.05, 0) is 0 Å². The van der Waals surface area contributed by atoms with Crippen LogP contribution in [0, 0.1) is 0 Å². The van der Waals surface area contributed by atoms with Gasteiger partial charge in [0.1, 0.15) is 48.8 Å². The van der Waals surface area contributed by atoms with Gasteiger partial charge in [-0.2, -0.15) is 0 Å². The summed E-state index contributed by atoms with van der Waals surface area (Å²) in [6.07, 6.45) is -14.3. The summed E-state index contributed by atoms with van der Waals surface area (Å²) in [5.41, 5.74) is 0.